The van der Waals surface area contributed by atoms with E-state index >= 15 is 0 Å². The molecule has 0 atom stereocenters. The van der Waals surface area contributed by atoms with Crippen LogP contribution in [0, 0.1) is 6.92 Å². The van der Waals surface area contributed by atoms with Gasteiger partial charge in [0, 0.05) is 0 Å². The molecule has 3 nitrogen and oxygen atoms in total. The van der Waals surface area contributed by atoms with Gasteiger partial charge < -0.3 is 10.2 Å². The average molecular weight is 269 g/mol. The first-order chi connectivity index (χ1) is 8.47. The van der Waals surface area contributed by atoms with Crippen molar-refractivity contribution in [3.05, 3.63) is 28.3 Å². The lowest BCUT2D eigenvalue weighted by Crippen LogP contribution is -2.38. The summed E-state index contributed by atoms with van der Waals surface area (Å²) < 4.78 is 0. The Morgan fingerprint density at radius 1 is 1.28 bits per heavy atom. The van der Waals surface area contributed by atoms with Crippen LogP contribution in [0.25, 0.3) is 0 Å². The number of phenolic OH excluding ortho intramolecular Hbond substituents is 1. The maximum Gasteiger partial charge on any atom is 0.314 e. The molecule has 4 heteroatoms. The van der Waals surface area contributed by atoms with Crippen molar-refractivity contribution < 1.29 is 15.0 Å². The van der Waals surface area contributed by atoms with Crippen LogP contribution in [0.15, 0.2) is 12.1 Å². The number of rotatable bonds is 2. The molecule has 0 bridgehead atoms. The molecule has 0 saturated heterocycles. The van der Waals surface area contributed by atoms with Crippen molar-refractivity contribution in [2.24, 2.45) is 0 Å². The lowest BCUT2D eigenvalue weighted by Gasteiger charge is -2.34. The predicted molar refractivity (Wildman–Crippen MR) is 70.3 cm³/mol. The third kappa shape index (κ3) is 2.07. The van der Waals surface area contributed by atoms with E-state index in [1.54, 1.807) is 12.1 Å². The van der Waals surface area contributed by atoms with E-state index in [1.807, 2.05) is 6.92 Å². The third-order valence-corrected chi connectivity index (χ3v) is 4.23. The Morgan fingerprint density at radius 2 is 1.89 bits per heavy atom. The number of carboxylic acids is 1. The van der Waals surface area contributed by atoms with E-state index in [4.69, 9.17) is 11.6 Å². The van der Waals surface area contributed by atoms with Gasteiger partial charge in [-0.15, -0.1) is 0 Å². The fourth-order valence-electron chi connectivity index (χ4n) is 2.85. The first kappa shape index (κ1) is 13.2. The van der Waals surface area contributed by atoms with Gasteiger partial charge in [-0.3, -0.25) is 4.79 Å². The van der Waals surface area contributed by atoms with Gasteiger partial charge in [0.25, 0.3) is 0 Å². The summed E-state index contributed by atoms with van der Waals surface area (Å²) in [4.78, 5) is 11.7. The molecule has 0 spiro atoms. The van der Waals surface area contributed by atoms with E-state index in [-0.39, 0.29) is 10.8 Å². The zero-order valence-corrected chi connectivity index (χ0v) is 11.1. The van der Waals surface area contributed by atoms with Gasteiger partial charge in [-0.05, 0) is 37.0 Å². The van der Waals surface area contributed by atoms with Gasteiger partial charge >= 0.3 is 5.97 Å². The van der Waals surface area contributed by atoms with Gasteiger partial charge in [0.05, 0.1) is 10.4 Å². The number of aromatic hydroxyl groups is 1. The first-order valence-corrected chi connectivity index (χ1v) is 6.58. The highest BCUT2D eigenvalue weighted by molar-refractivity contribution is 6.33. The van der Waals surface area contributed by atoms with Crippen molar-refractivity contribution in [3.8, 4) is 5.75 Å². The van der Waals surface area contributed by atoms with Crippen LogP contribution in [0.4, 0.5) is 0 Å². The molecule has 98 valence electrons. The van der Waals surface area contributed by atoms with Crippen LogP contribution in [0.5, 0.6) is 5.75 Å². The van der Waals surface area contributed by atoms with Crippen molar-refractivity contribution in [2.45, 2.75) is 44.4 Å². The zero-order chi connectivity index (χ0) is 13.3. The van der Waals surface area contributed by atoms with Crippen LogP contribution in [0.3, 0.4) is 0 Å². The number of phenols is 1. The van der Waals surface area contributed by atoms with E-state index in [0.717, 1.165) is 24.8 Å². The Bertz CT molecular complexity index is 476. The first-order valence-electron chi connectivity index (χ1n) is 6.20. The third-order valence-electron chi connectivity index (χ3n) is 3.83. The highest BCUT2D eigenvalue weighted by Crippen LogP contribution is 2.45. The van der Waals surface area contributed by atoms with Crippen molar-refractivity contribution in [3.63, 3.8) is 0 Å². The Labute approximate surface area is 111 Å². The average Bonchev–Trinajstić information content (AvgIpc) is 2.34. The molecule has 1 saturated carbocycles. The minimum Gasteiger partial charge on any atom is -0.506 e. The highest BCUT2D eigenvalue weighted by Gasteiger charge is 2.43. The fourth-order valence-corrected chi connectivity index (χ4v) is 3.14. The van der Waals surface area contributed by atoms with E-state index in [2.05, 4.69) is 0 Å². The summed E-state index contributed by atoms with van der Waals surface area (Å²) in [5.41, 5.74) is 0.464. The quantitative estimate of drug-likeness (QED) is 0.861. The van der Waals surface area contributed by atoms with Crippen molar-refractivity contribution >= 4 is 17.6 Å². The molecule has 0 aliphatic heterocycles. The monoisotopic (exact) mass is 268 g/mol. The van der Waals surface area contributed by atoms with Crippen molar-refractivity contribution in [2.75, 3.05) is 0 Å². The van der Waals surface area contributed by atoms with Gasteiger partial charge in [-0.1, -0.05) is 36.9 Å². The molecule has 2 N–H and O–H groups in total. The minimum atomic E-state index is -0.932. The van der Waals surface area contributed by atoms with E-state index in [0.29, 0.717) is 18.4 Å². The molecule has 1 aliphatic carbocycles. The smallest absolute Gasteiger partial charge is 0.314 e. The van der Waals surface area contributed by atoms with Gasteiger partial charge in [-0.25, -0.2) is 0 Å². The van der Waals surface area contributed by atoms with E-state index in [1.165, 1.54) is 0 Å². The number of aryl methyl sites for hydroxylation is 1. The second kappa shape index (κ2) is 4.81. The summed E-state index contributed by atoms with van der Waals surface area (Å²) in [5.74, 6) is -0.869. The number of carboxylic acid groups (broad SMARTS) is 1. The maximum absolute atomic E-state index is 11.7. The number of hydrogen-bond acceptors (Lipinski definition) is 2. The predicted octanol–water partition coefficient (Wildman–Crippen LogP) is 3.64. The van der Waals surface area contributed by atoms with Crippen LogP contribution < -0.4 is 0 Å². The molecule has 0 amide bonds. The summed E-state index contributed by atoms with van der Waals surface area (Å²) in [6.45, 7) is 1.83. The highest BCUT2D eigenvalue weighted by atomic mass is 35.5. The van der Waals surface area contributed by atoms with Crippen LogP contribution in [-0.4, -0.2) is 16.2 Å². The molecule has 1 fully saturated rings. The molecule has 0 radical (unpaired) electrons. The largest absolute Gasteiger partial charge is 0.506 e. The Balaban J connectivity index is 2.59. The Morgan fingerprint density at radius 3 is 2.44 bits per heavy atom. The summed E-state index contributed by atoms with van der Waals surface area (Å²) in [6.07, 6.45) is 4.01. The van der Waals surface area contributed by atoms with E-state index in [9.17, 15) is 15.0 Å². The van der Waals surface area contributed by atoms with Gasteiger partial charge in [0.1, 0.15) is 5.75 Å². The summed E-state index contributed by atoms with van der Waals surface area (Å²) in [6, 6.07) is 3.35. The zero-order valence-electron chi connectivity index (χ0n) is 10.4. The molecule has 1 aliphatic rings. The van der Waals surface area contributed by atoms with Crippen molar-refractivity contribution in [1.82, 2.24) is 0 Å². The van der Waals surface area contributed by atoms with Gasteiger partial charge in [0.2, 0.25) is 0 Å². The molecule has 2 rings (SSSR count). The number of aliphatic carboxylic acids is 1. The standard InChI is InChI=1S/C14H17ClO3/c1-9-7-10(12(15)11(16)8-9)14(13(17)18)5-3-2-4-6-14/h7-8,16H,2-6H2,1H3,(H,17,18). The van der Waals surface area contributed by atoms with Crippen molar-refractivity contribution in [1.29, 1.82) is 0 Å². The Hall–Kier alpha value is -1.22. The van der Waals surface area contributed by atoms with Crippen LogP contribution in [0.1, 0.15) is 43.2 Å². The second-order valence-corrected chi connectivity index (χ2v) is 5.47. The minimum absolute atomic E-state index is 0.0298. The number of hydrogen-bond donors (Lipinski definition) is 2. The molecule has 1 aromatic carbocycles. The SMILES string of the molecule is Cc1cc(O)c(Cl)c(C2(C(=O)O)CCCCC2)c1. The molecule has 1 aromatic rings. The molecule has 18 heavy (non-hydrogen) atoms. The van der Waals surface area contributed by atoms with E-state index < -0.39 is 11.4 Å². The molecule has 0 aromatic heterocycles. The summed E-state index contributed by atoms with van der Waals surface area (Å²) >= 11 is 6.12. The topological polar surface area (TPSA) is 57.5 Å². The molecule has 0 heterocycles. The molecular weight excluding hydrogens is 252 g/mol. The maximum atomic E-state index is 11.7. The lowest BCUT2D eigenvalue weighted by atomic mass is 9.69. The molecular formula is C14H17ClO3. The Kier molecular flexibility index (Phi) is 3.53. The summed E-state index contributed by atoms with van der Waals surface area (Å²) in [5, 5.41) is 19.6. The number of benzene rings is 1. The van der Waals surface area contributed by atoms with Gasteiger partial charge in [0.15, 0.2) is 0 Å². The van der Waals surface area contributed by atoms with Crippen LogP contribution in [0.2, 0.25) is 5.02 Å². The van der Waals surface area contributed by atoms with Crippen LogP contribution >= 0.6 is 11.6 Å². The number of halogens is 1. The number of carbonyl (C=O) groups is 1. The van der Waals surface area contributed by atoms with Crippen LogP contribution in [-0.2, 0) is 10.2 Å². The molecule has 0 unspecified atom stereocenters. The normalized spacial score (nSPS) is 18.6. The fraction of sp³-hybridized carbons (Fsp3) is 0.500. The van der Waals surface area contributed by atoms with Gasteiger partial charge in [-0.2, -0.15) is 0 Å². The summed E-state index contributed by atoms with van der Waals surface area (Å²) in [7, 11) is 0. The lowest BCUT2D eigenvalue weighted by molar-refractivity contribution is -0.145. The second-order valence-electron chi connectivity index (χ2n) is 5.09.